The van der Waals surface area contributed by atoms with Crippen LogP contribution < -0.4 is 0 Å². The van der Waals surface area contributed by atoms with Crippen molar-refractivity contribution in [3.8, 4) is 0 Å². The van der Waals surface area contributed by atoms with Crippen LogP contribution in [0.25, 0.3) is 0 Å². The summed E-state index contributed by atoms with van der Waals surface area (Å²) in [5.74, 6) is 0.833. The van der Waals surface area contributed by atoms with Gasteiger partial charge in [-0.25, -0.2) is 0 Å². The lowest BCUT2D eigenvalue weighted by atomic mass is 10.3. The first-order valence-electron chi connectivity index (χ1n) is 3.56. The Labute approximate surface area is 62.9 Å². The van der Waals surface area contributed by atoms with E-state index < -0.39 is 0 Å². The molecule has 0 bridgehead atoms. The summed E-state index contributed by atoms with van der Waals surface area (Å²) in [5, 5.41) is 3.83. The number of hydrogen-bond acceptors (Lipinski definition) is 1. The highest BCUT2D eigenvalue weighted by atomic mass is 15.2. The van der Waals surface area contributed by atoms with E-state index in [4.69, 9.17) is 0 Å². The molecule has 0 amide bonds. The molecule has 0 radical (unpaired) electrons. The van der Waals surface area contributed by atoms with Gasteiger partial charge in [-0.3, -0.25) is 4.68 Å². The van der Waals surface area contributed by atoms with Crippen LogP contribution in [0, 0.1) is 5.92 Å². The van der Waals surface area contributed by atoms with E-state index in [-0.39, 0.29) is 0 Å². The van der Waals surface area contributed by atoms with E-state index in [1.54, 1.807) is 10.9 Å². The largest absolute Gasteiger partial charge is 0.276 e. The predicted molar refractivity (Wildman–Crippen MR) is 43.7 cm³/mol. The predicted octanol–water partition coefficient (Wildman–Crippen LogP) is 2.08. The summed E-state index contributed by atoms with van der Waals surface area (Å²) in [6.45, 7) is 6.50. The molecule has 0 spiro atoms. The zero-order chi connectivity index (χ0) is 7.98. The van der Waals surface area contributed by atoms with E-state index in [2.05, 4.69) is 25.9 Å². The summed E-state index contributed by atoms with van der Waals surface area (Å²) in [6, 6.07) is 1.89. The summed E-state index contributed by atoms with van der Waals surface area (Å²) < 4.78 is 1.75. The number of rotatable bonds is 0. The van der Waals surface area contributed by atoms with Crippen LogP contribution in [0.15, 0.2) is 18.5 Å². The molecular formula is C8H16N2. The number of nitrogens with zero attached hydrogens (tertiary/aromatic N) is 2. The Morgan fingerprint density at radius 2 is 1.80 bits per heavy atom. The second kappa shape index (κ2) is 5.03. The minimum atomic E-state index is 0.833. The Morgan fingerprint density at radius 3 is 1.90 bits per heavy atom. The summed E-state index contributed by atoms with van der Waals surface area (Å²) in [7, 11) is 1.89. The van der Waals surface area contributed by atoms with Crippen molar-refractivity contribution in [2.75, 3.05) is 0 Å². The Hall–Kier alpha value is -0.790. The lowest BCUT2D eigenvalue weighted by Crippen LogP contribution is -1.83. The molecule has 0 N–H and O–H groups in total. The molecule has 2 nitrogen and oxygen atoms in total. The van der Waals surface area contributed by atoms with E-state index in [1.807, 2.05) is 19.3 Å². The van der Waals surface area contributed by atoms with Crippen molar-refractivity contribution in [2.45, 2.75) is 20.8 Å². The van der Waals surface area contributed by atoms with E-state index in [9.17, 15) is 0 Å². The maximum atomic E-state index is 3.83. The van der Waals surface area contributed by atoms with E-state index >= 15 is 0 Å². The molecule has 1 heterocycles. The number of aromatic nitrogens is 2. The van der Waals surface area contributed by atoms with Crippen LogP contribution in [-0.2, 0) is 7.05 Å². The Bertz CT molecular complexity index is 140. The first kappa shape index (κ1) is 9.21. The quantitative estimate of drug-likeness (QED) is 0.539. The van der Waals surface area contributed by atoms with Gasteiger partial charge in [-0.2, -0.15) is 5.10 Å². The molecule has 0 aliphatic rings. The zero-order valence-corrected chi connectivity index (χ0v) is 7.20. The van der Waals surface area contributed by atoms with Gasteiger partial charge in [-0.05, 0) is 12.0 Å². The van der Waals surface area contributed by atoms with Gasteiger partial charge in [0.05, 0.1) is 0 Å². The molecule has 0 unspecified atom stereocenters. The van der Waals surface area contributed by atoms with Crippen LogP contribution in [-0.4, -0.2) is 9.78 Å². The molecule has 0 saturated carbocycles. The summed E-state index contributed by atoms with van der Waals surface area (Å²) in [4.78, 5) is 0. The third kappa shape index (κ3) is 7.21. The molecule has 0 fully saturated rings. The third-order valence-electron chi connectivity index (χ3n) is 0.637. The highest BCUT2D eigenvalue weighted by Crippen LogP contribution is 1.81. The highest BCUT2D eigenvalue weighted by molar-refractivity contribution is 4.75. The van der Waals surface area contributed by atoms with Crippen molar-refractivity contribution in [3.63, 3.8) is 0 Å². The highest BCUT2D eigenvalue weighted by Gasteiger charge is 1.69. The molecule has 0 atom stereocenters. The second-order valence-corrected chi connectivity index (χ2v) is 2.91. The molecule has 58 valence electrons. The van der Waals surface area contributed by atoms with Crippen molar-refractivity contribution in [2.24, 2.45) is 13.0 Å². The van der Waals surface area contributed by atoms with Gasteiger partial charge in [-0.15, -0.1) is 0 Å². The summed E-state index contributed by atoms with van der Waals surface area (Å²) in [6.07, 6.45) is 3.64. The monoisotopic (exact) mass is 140 g/mol. The number of hydrogen-bond donors (Lipinski definition) is 0. The van der Waals surface area contributed by atoms with Gasteiger partial charge in [0.25, 0.3) is 0 Å². The number of aryl methyl sites for hydroxylation is 1. The maximum Gasteiger partial charge on any atom is 0.0489 e. The van der Waals surface area contributed by atoms with Gasteiger partial charge in [0.2, 0.25) is 0 Å². The van der Waals surface area contributed by atoms with Crippen molar-refractivity contribution in [1.82, 2.24) is 9.78 Å². The first-order chi connectivity index (χ1) is 4.63. The van der Waals surface area contributed by atoms with Crippen LogP contribution >= 0.6 is 0 Å². The van der Waals surface area contributed by atoms with Crippen molar-refractivity contribution in [3.05, 3.63) is 18.5 Å². The molecule has 0 saturated heterocycles. The van der Waals surface area contributed by atoms with Crippen LogP contribution in [0.4, 0.5) is 0 Å². The van der Waals surface area contributed by atoms with Crippen molar-refractivity contribution < 1.29 is 0 Å². The van der Waals surface area contributed by atoms with Crippen LogP contribution in [0.5, 0.6) is 0 Å². The smallest absolute Gasteiger partial charge is 0.0489 e. The first-order valence-corrected chi connectivity index (χ1v) is 3.56. The molecule has 0 aliphatic carbocycles. The van der Waals surface area contributed by atoms with Gasteiger partial charge in [0, 0.05) is 19.4 Å². The lowest BCUT2D eigenvalue weighted by molar-refractivity contribution is 0.737. The van der Waals surface area contributed by atoms with E-state index in [0.29, 0.717) is 0 Å². The van der Waals surface area contributed by atoms with Crippen LogP contribution in [0.2, 0.25) is 0 Å². The molecule has 1 rings (SSSR count). The molecule has 2 heteroatoms. The molecule has 1 aromatic rings. The molecular weight excluding hydrogens is 124 g/mol. The summed E-state index contributed by atoms with van der Waals surface area (Å²) in [5.41, 5.74) is 0. The molecule has 0 aromatic carbocycles. The Balaban J connectivity index is 0.000000180. The summed E-state index contributed by atoms with van der Waals surface area (Å²) >= 11 is 0. The van der Waals surface area contributed by atoms with Gasteiger partial charge in [0.15, 0.2) is 0 Å². The maximum absolute atomic E-state index is 3.83. The molecule has 1 aromatic heterocycles. The van der Waals surface area contributed by atoms with Gasteiger partial charge >= 0.3 is 0 Å². The lowest BCUT2D eigenvalue weighted by Gasteiger charge is -1.79. The minimum absolute atomic E-state index is 0.833. The normalized spacial score (nSPS) is 8.90. The second-order valence-electron chi connectivity index (χ2n) is 2.91. The molecule has 10 heavy (non-hydrogen) atoms. The molecule has 0 aliphatic heterocycles. The van der Waals surface area contributed by atoms with Crippen LogP contribution in [0.1, 0.15) is 20.8 Å². The standard InChI is InChI=1S/C4H6N2.C4H10/c1-6-4-2-3-5-6;1-4(2)3/h2-4H,1H3;4H,1-3H3. The van der Waals surface area contributed by atoms with Crippen LogP contribution in [0.3, 0.4) is 0 Å². The SMILES string of the molecule is CC(C)C.Cn1cccn1. The van der Waals surface area contributed by atoms with E-state index in [0.717, 1.165) is 5.92 Å². The van der Waals surface area contributed by atoms with Crippen molar-refractivity contribution >= 4 is 0 Å². The Morgan fingerprint density at radius 1 is 1.30 bits per heavy atom. The fraction of sp³-hybridized carbons (Fsp3) is 0.625. The van der Waals surface area contributed by atoms with Crippen molar-refractivity contribution in [1.29, 1.82) is 0 Å². The average Bonchev–Trinajstić information content (AvgIpc) is 2.15. The van der Waals surface area contributed by atoms with Gasteiger partial charge < -0.3 is 0 Å². The topological polar surface area (TPSA) is 17.8 Å². The van der Waals surface area contributed by atoms with E-state index in [1.165, 1.54) is 0 Å². The Kier molecular flexibility index (Phi) is 4.63. The fourth-order valence-electron chi connectivity index (χ4n) is 0.345. The average molecular weight is 140 g/mol. The zero-order valence-electron chi connectivity index (χ0n) is 7.20. The third-order valence-corrected chi connectivity index (χ3v) is 0.637. The van der Waals surface area contributed by atoms with Gasteiger partial charge in [-0.1, -0.05) is 20.8 Å². The van der Waals surface area contributed by atoms with Gasteiger partial charge in [0.1, 0.15) is 0 Å². The fourth-order valence-corrected chi connectivity index (χ4v) is 0.345. The minimum Gasteiger partial charge on any atom is -0.276 e.